The van der Waals surface area contributed by atoms with E-state index in [1.54, 1.807) is 51.2 Å². The van der Waals surface area contributed by atoms with Crippen molar-refractivity contribution in [3.63, 3.8) is 0 Å². The summed E-state index contributed by atoms with van der Waals surface area (Å²) in [4.78, 5) is 26.4. The molecule has 7 nitrogen and oxygen atoms in total. The number of hydrogen-bond donors (Lipinski definition) is 1. The van der Waals surface area contributed by atoms with Gasteiger partial charge in [0.15, 0.2) is 5.82 Å². The van der Waals surface area contributed by atoms with Crippen LogP contribution in [0.4, 0.5) is 4.39 Å². The largest absolute Gasteiger partial charge is 0.487 e. The number of pyridine rings is 2. The first-order chi connectivity index (χ1) is 17.0. The molecule has 4 rings (SSSR count). The molecule has 0 unspecified atom stereocenters. The van der Waals surface area contributed by atoms with Crippen molar-refractivity contribution in [3.8, 4) is 22.8 Å². The molecule has 0 amide bonds. The van der Waals surface area contributed by atoms with Crippen molar-refractivity contribution < 1.29 is 14.2 Å². The molecule has 0 fully saturated rings. The molecule has 0 bridgehead atoms. The molecule has 36 heavy (non-hydrogen) atoms. The smallest absolute Gasteiger partial charge is 0.277 e. The van der Waals surface area contributed by atoms with E-state index in [-0.39, 0.29) is 34.0 Å². The second-order valence-corrected chi connectivity index (χ2v) is 9.61. The highest BCUT2D eigenvalue weighted by Gasteiger charge is 2.22. The van der Waals surface area contributed by atoms with Gasteiger partial charge in [0.05, 0.1) is 22.1 Å². The van der Waals surface area contributed by atoms with Gasteiger partial charge in [-0.05, 0) is 57.0 Å². The predicted molar refractivity (Wildman–Crippen MR) is 136 cm³/mol. The summed E-state index contributed by atoms with van der Waals surface area (Å²) in [6.45, 7) is 6.83. The van der Waals surface area contributed by atoms with E-state index in [2.05, 4.69) is 15.0 Å². The fourth-order valence-electron chi connectivity index (χ4n) is 3.55. The molecule has 0 aliphatic rings. The van der Waals surface area contributed by atoms with E-state index < -0.39 is 11.2 Å². The third-order valence-electron chi connectivity index (χ3n) is 5.45. The fraction of sp³-hybridized carbons (Fsp3) is 0.231. The van der Waals surface area contributed by atoms with Crippen molar-refractivity contribution in [2.75, 3.05) is 0 Å². The summed E-state index contributed by atoms with van der Waals surface area (Å²) < 4.78 is 20.3. The molecule has 3 heterocycles. The standard InChI is InChI=1S/C26H23Cl2FN4O3/c1-14-11-31-25(26(3,4)35)32-23(14)19-10-20(18(27)12-30-19)33-15(2)9-21(22(28)24(33)34)36-13-16-5-7-17(29)8-6-16/h5-12,35H,13H2,1-4H3. The molecule has 0 saturated heterocycles. The SMILES string of the molecule is Cc1cnc(C(C)(C)O)nc1-c1cc(-n2c(C)cc(OCc3ccc(F)cc3)c(Cl)c2=O)c(Cl)cn1. The minimum absolute atomic E-state index is 0.111. The van der Waals surface area contributed by atoms with Crippen molar-refractivity contribution in [1.29, 1.82) is 0 Å². The summed E-state index contributed by atoms with van der Waals surface area (Å²) in [6, 6.07) is 9.11. The van der Waals surface area contributed by atoms with Crippen LogP contribution in [0.3, 0.4) is 0 Å². The topological polar surface area (TPSA) is 90.1 Å². The monoisotopic (exact) mass is 528 g/mol. The molecule has 4 aromatic rings. The van der Waals surface area contributed by atoms with E-state index in [0.29, 0.717) is 22.8 Å². The Balaban J connectivity index is 1.75. The summed E-state index contributed by atoms with van der Waals surface area (Å²) in [7, 11) is 0. The van der Waals surface area contributed by atoms with Crippen LogP contribution in [0, 0.1) is 19.7 Å². The molecule has 10 heteroatoms. The van der Waals surface area contributed by atoms with Crippen LogP contribution in [0.2, 0.25) is 10.0 Å². The van der Waals surface area contributed by atoms with Gasteiger partial charge in [0.2, 0.25) is 0 Å². The molecule has 1 aromatic carbocycles. The van der Waals surface area contributed by atoms with Crippen LogP contribution in [0.25, 0.3) is 17.1 Å². The van der Waals surface area contributed by atoms with Gasteiger partial charge in [-0.2, -0.15) is 0 Å². The second kappa shape index (κ2) is 9.97. The molecule has 0 atom stereocenters. The summed E-state index contributed by atoms with van der Waals surface area (Å²) >= 11 is 12.8. The lowest BCUT2D eigenvalue weighted by molar-refractivity contribution is 0.0688. The first-order valence-electron chi connectivity index (χ1n) is 11.0. The van der Waals surface area contributed by atoms with Gasteiger partial charge in [0, 0.05) is 24.2 Å². The lowest BCUT2D eigenvalue weighted by Crippen LogP contribution is -2.22. The third-order valence-corrected chi connectivity index (χ3v) is 6.08. The van der Waals surface area contributed by atoms with E-state index in [1.165, 1.54) is 22.9 Å². The second-order valence-electron chi connectivity index (χ2n) is 8.82. The van der Waals surface area contributed by atoms with E-state index in [0.717, 1.165) is 11.1 Å². The number of halogens is 3. The van der Waals surface area contributed by atoms with E-state index in [9.17, 15) is 14.3 Å². The number of benzene rings is 1. The predicted octanol–water partition coefficient (Wildman–Crippen LogP) is 5.56. The summed E-state index contributed by atoms with van der Waals surface area (Å²) in [6.07, 6.45) is 3.03. The Kier molecular flexibility index (Phi) is 7.13. The summed E-state index contributed by atoms with van der Waals surface area (Å²) in [5.41, 5.74) is 1.50. The highest BCUT2D eigenvalue weighted by molar-refractivity contribution is 6.33. The number of rotatable bonds is 6. The maximum atomic E-state index is 13.3. The molecule has 0 saturated carbocycles. The summed E-state index contributed by atoms with van der Waals surface area (Å²) in [5, 5.41) is 10.4. The van der Waals surface area contributed by atoms with Crippen LogP contribution < -0.4 is 10.3 Å². The van der Waals surface area contributed by atoms with Gasteiger partial charge in [-0.15, -0.1) is 0 Å². The first-order valence-corrected chi connectivity index (χ1v) is 11.7. The van der Waals surface area contributed by atoms with Crippen LogP contribution in [-0.2, 0) is 12.2 Å². The van der Waals surface area contributed by atoms with E-state index in [4.69, 9.17) is 27.9 Å². The van der Waals surface area contributed by atoms with Crippen LogP contribution in [0.1, 0.15) is 36.5 Å². The minimum atomic E-state index is -1.25. The van der Waals surface area contributed by atoms with Crippen LogP contribution in [0.15, 0.2) is 53.6 Å². The van der Waals surface area contributed by atoms with Crippen molar-refractivity contribution in [2.45, 2.75) is 39.9 Å². The fourth-order valence-corrected chi connectivity index (χ4v) is 3.93. The van der Waals surface area contributed by atoms with Gasteiger partial charge in [-0.1, -0.05) is 35.3 Å². The van der Waals surface area contributed by atoms with Crippen LogP contribution in [0.5, 0.6) is 5.75 Å². The number of aryl methyl sites for hydroxylation is 2. The van der Waals surface area contributed by atoms with Crippen LogP contribution in [-0.4, -0.2) is 24.6 Å². The third kappa shape index (κ3) is 5.26. The Morgan fingerprint density at radius 1 is 1.08 bits per heavy atom. The highest BCUT2D eigenvalue weighted by atomic mass is 35.5. The quantitative estimate of drug-likeness (QED) is 0.352. The lowest BCUT2D eigenvalue weighted by Gasteiger charge is -2.18. The maximum absolute atomic E-state index is 13.3. The lowest BCUT2D eigenvalue weighted by atomic mass is 10.1. The minimum Gasteiger partial charge on any atom is -0.487 e. The van der Waals surface area contributed by atoms with Gasteiger partial charge in [-0.3, -0.25) is 14.3 Å². The Morgan fingerprint density at radius 3 is 2.44 bits per heavy atom. The van der Waals surface area contributed by atoms with Gasteiger partial charge in [0.1, 0.15) is 28.8 Å². The first kappa shape index (κ1) is 25.8. The number of ether oxygens (including phenoxy) is 1. The van der Waals surface area contributed by atoms with Crippen molar-refractivity contribution in [1.82, 2.24) is 19.5 Å². The Morgan fingerprint density at radius 2 is 1.78 bits per heavy atom. The van der Waals surface area contributed by atoms with E-state index in [1.807, 2.05) is 6.92 Å². The van der Waals surface area contributed by atoms with Gasteiger partial charge < -0.3 is 9.84 Å². The number of hydrogen-bond acceptors (Lipinski definition) is 6. The maximum Gasteiger partial charge on any atom is 0.277 e. The molecule has 186 valence electrons. The number of nitrogens with zero attached hydrogens (tertiary/aromatic N) is 4. The zero-order valence-electron chi connectivity index (χ0n) is 20.0. The van der Waals surface area contributed by atoms with Gasteiger partial charge in [0.25, 0.3) is 5.56 Å². The van der Waals surface area contributed by atoms with Crippen molar-refractivity contribution >= 4 is 23.2 Å². The molecule has 1 N–H and O–H groups in total. The number of aromatic nitrogens is 4. The van der Waals surface area contributed by atoms with Crippen molar-refractivity contribution in [3.05, 3.63) is 97.7 Å². The normalized spacial score (nSPS) is 11.6. The van der Waals surface area contributed by atoms with E-state index >= 15 is 0 Å². The molecule has 0 spiro atoms. The van der Waals surface area contributed by atoms with Gasteiger partial charge >= 0.3 is 0 Å². The van der Waals surface area contributed by atoms with Crippen LogP contribution >= 0.6 is 23.2 Å². The van der Waals surface area contributed by atoms with Crippen molar-refractivity contribution in [2.24, 2.45) is 0 Å². The average Bonchev–Trinajstić information content (AvgIpc) is 2.82. The summed E-state index contributed by atoms with van der Waals surface area (Å²) in [5.74, 6) is 0.0873. The molecule has 0 radical (unpaired) electrons. The Labute approximate surface area is 217 Å². The molecular weight excluding hydrogens is 506 g/mol. The zero-order chi connectivity index (χ0) is 26.2. The Bertz CT molecular complexity index is 1500. The molecular formula is C26H23Cl2FN4O3. The molecule has 0 aliphatic heterocycles. The highest BCUT2D eigenvalue weighted by Crippen LogP contribution is 2.30. The zero-order valence-corrected chi connectivity index (χ0v) is 21.5. The molecule has 0 aliphatic carbocycles. The van der Waals surface area contributed by atoms with Gasteiger partial charge in [-0.25, -0.2) is 14.4 Å². The Hall–Kier alpha value is -3.33. The molecule has 3 aromatic heterocycles. The number of aliphatic hydroxyl groups is 1. The average molecular weight is 529 g/mol.